The second kappa shape index (κ2) is 4.23. The Morgan fingerprint density at radius 2 is 2.21 bits per heavy atom. The lowest BCUT2D eigenvalue weighted by Crippen LogP contribution is -2.30. The molecule has 0 fully saturated rings. The molecule has 0 radical (unpaired) electrons. The number of hydrogen-bond acceptors (Lipinski definition) is 4. The van der Waals surface area contributed by atoms with Crippen molar-refractivity contribution in [3.05, 3.63) is 21.9 Å². The Hall–Kier alpha value is -1.36. The second-order valence-electron chi connectivity index (χ2n) is 2.88. The van der Waals surface area contributed by atoms with E-state index in [1.54, 1.807) is 5.38 Å². The van der Waals surface area contributed by atoms with E-state index in [9.17, 15) is 9.59 Å². The van der Waals surface area contributed by atoms with Gasteiger partial charge in [-0.3, -0.25) is 4.79 Å². The summed E-state index contributed by atoms with van der Waals surface area (Å²) in [6, 6.07) is 1.82. The minimum absolute atomic E-state index is 0.496. The highest BCUT2D eigenvalue weighted by molar-refractivity contribution is 7.12. The van der Waals surface area contributed by atoms with Gasteiger partial charge < -0.3 is 10.5 Å². The predicted molar refractivity (Wildman–Crippen MR) is 53.1 cm³/mol. The predicted octanol–water partition coefficient (Wildman–Crippen LogP) is 1.09. The molecule has 2 N–H and O–H groups in total. The number of nitrogens with two attached hydrogens (primary N) is 1. The molecule has 76 valence electrons. The van der Waals surface area contributed by atoms with E-state index in [1.165, 1.54) is 18.3 Å². The maximum Gasteiger partial charge on any atom is 0.349 e. The van der Waals surface area contributed by atoms with Crippen LogP contribution in [0.25, 0.3) is 0 Å². The second-order valence-corrected chi connectivity index (χ2v) is 3.80. The molecule has 0 saturated heterocycles. The fourth-order valence-corrected chi connectivity index (χ4v) is 1.66. The Balaban J connectivity index is 2.69. The quantitative estimate of drug-likeness (QED) is 0.764. The molecule has 0 aromatic carbocycles. The molecular formula is C9H11NO3S. The number of ether oxygens (including phenoxy) is 1. The largest absolute Gasteiger partial charge is 0.448 e. The molecule has 0 bridgehead atoms. The van der Waals surface area contributed by atoms with Gasteiger partial charge in [-0.15, -0.1) is 11.3 Å². The molecule has 1 aromatic rings. The summed E-state index contributed by atoms with van der Waals surface area (Å²) in [6.07, 6.45) is -0.885. The third-order valence-corrected chi connectivity index (χ3v) is 2.73. The summed E-state index contributed by atoms with van der Waals surface area (Å²) >= 11 is 1.28. The van der Waals surface area contributed by atoms with Gasteiger partial charge in [0.05, 0.1) is 0 Å². The molecule has 1 aromatic heterocycles. The van der Waals surface area contributed by atoms with Crippen molar-refractivity contribution >= 4 is 23.2 Å². The number of aryl methyl sites for hydroxylation is 1. The number of thiophene rings is 1. The van der Waals surface area contributed by atoms with Crippen molar-refractivity contribution in [3.8, 4) is 0 Å². The molecule has 0 aliphatic rings. The highest BCUT2D eigenvalue weighted by atomic mass is 32.1. The number of esters is 1. The van der Waals surface area contributed by atoms with Gasteiger partial charge in [-0.2, -0.15) is 0 Å². The van der Waals surface area contributed by atoms with Gasteiger partial charge in [0.2, 0.25) is 0 Å². The van der Waals surface area contributed by atoms with Crippen LogP contribution in [0.2, 0.25) is 0 Å². The number of amides is 1. The topological polar surface area (TPSA) is 69.4 Å². The lowest BCUT2D eigenvalue weighted by Gasteiger charge is -2.08. The van der Waals surface area contributed by atoms with Crippen LogP contribution in [0.15, 0.2) is 11.4 Å². The highest BCUT2D eigenvalue weighted by Gasteiger charge is 2.18. The number of hydrogen-bond donors (Lipinski definition) is 1. The Bertz CT molecular complexity index is 359. The molecule has 0 unspecified atom stereocenters. The molecule has 5 heteroatoms. The smallest absolute Gasteiger partial charge is 0.349 e. The zero-order chi connectivity index (χ0) is 10.7. The van der Waals surface area contributed by atoms with Crippen LogP contribution in [-0.4, -0.2) is 18.0 Å². The molecule has 0 spiro atoms. The van der Waals surface area contributed by atoms with E-state index in [1.807, 2.05) is 13.0 Å². The van der Waals surface area contributed by atoms with Crippen LogP contribution in [0, 0.1) is 6.92 Å². The van der Waals surface area contributed by atoms with Crippen molar-refractivity contribution in [1.82, 2.24) is 0 Å². The number of primary amides is 1. The minimum atomic E-state index is -0.885. The van der Waals surface area contributed by atoms with Gasteiger partial charge in [-0.25, -0.2) is 4.79 Å². The van der Waals surface area contributed by atoms with Crippen LogP contribution in [0.5, 0.6) is 0 Å². The van der Waals surface area contributed by atoms with Gasteiger partial charge in [0, 0.05) is 0 Å². The van der Waals surface area contributed by atoms with E-state index in [2.05, 4.69) is 0 Å². The maximum atomic E-state index is 11.4. The van der Waals surface area contributed by atoms with Crippen molar-refractivity contribution in [3.63, 3.8) is 0 Å². The average molecular weight is 213 g/mol. The molecule has 0 saturated carbocycles. The summed E-state index contributed by atoms with van der Waals surface area (Å²) in [5.41, 5.74) is 5.81. The van der Waals surface area contributed by atoms with Gasteiger partial charge in [0.25, 0.3) is 5.91 Å². The van der Waals surface area contributed by atoms with E-state index >= 15 is 0 Å². The summed E-state index contributed by atoms with van der Waals surface area (Å²) in [6.45, 7) is 3.26. The number of carbonyl (C=O) groups excluding carboxylic acids is 2. The molecular weight excluding hydrogens is 202 g/mol. The first-order valence-corrected chi connectivity index (χ1v) is 4.94. The Morgan fingerprint density at radius 3 is 2.64 bits per heavy atom. The standard InChI is InChI=1S/C9H11NO3S/c1-5-3-4-14-7(5)9(12)13-6(2)8(10)11/h3-4,6H,1-2H3,(H2,10,11)/t6-/m1/s1. The molecule has 14 heavy (non-hydrogen) atoms. The van der Waals surface area contributed by atoms with Crippen LogP contribution in [0.1, 0.15) is 22.2 Å². The summed E-state index contributed by atoms with van der Waals surface area (Å²) in [7, 11) is 0. The molecule has 1 amide bonds. The monoisotopic (exact) mass is 213 g/mol. The Labute approximate surface area is 85.7 Å². The third kappa shape index (κ3) is 2.32. The van der Waals surface area contributed by atoms with Gasteiger partial charge in [0.1, 0.15) is 4.88 Å². The first-order chi connectivity index (χ1) is 6.52. The van der Waals surface area contributed by atoms with Gasteiger partial charge >= 0.3 is 5.97 Å². The van der Waals surface area contributed by atoms with E-state index in [4.69, 9.17) is 10.5 Å². The maximum absolute atomic E-state index is 11.4. The zero-order valence-corrected chi connectivity index (χ0v) is 8.76. The van der Waals surface area contributed by atoms with Crippen LogP contribution in [0.4, 0.5) is 0 Å². The molecule has 1 atom stereocenters. The van der Waals surface area contributed by atoms with Crippen LogP contribution < -0.4 is 5.73 Å². The Kier molecular flexibility index (Phi) is 3.24. The van der Waals surface area contributed by atoms with E-state index in [0.29, 0.717) is 4.88 Å². The van der Waals surface area contributed by atoms with Crippen molar-refractivity contribution < 1.29 is 14.3 Å². The van der Waals surface area contributed by atoms with E-state index < -0.39 is 18.0 Å². The third-order valence-electron chi connectivity index (χ3n) is 1.73. The fraction of sp³-hybridized carbons (Fsp3) is 0.333. The first-order valence-electron chi connectivity index (χ1n) is 4.06. The molecule has 1 heterocycles. The van der Waals surface area contributed by atoms with Gasteiger partial charge in [-0.1, -0.05) is 0 Å². The summed E-state index contributed by atoms with van der Waals surface area (Å²) in [5.74, 6) is -1.14. The van der Waals surface area contributed by atoms with Gasteiger partial charge in [0.15, 0.2) is 6.10 Å². The van der Waals surface area contributed by atoms with Crippen molar-refractivity contribution in [2.75, 3.05) is 0 Å². The summed E-state index contributed by atoms with van der Waals surface area (Å²) in [5, 5.41) is 1.79. The van der Waals surface area contributed by atoms with Crippen molar-refractivity contribution in [1.29, 1.82) is 0 Å². The molecule has 0 aliphatic heterocycles. The van der Waals surface area contributed by atoms with Crippen molar-refractivity contribution in [2.45, 2.75) is 20.0 Å². The molecule has 0 aliphatic carbocycles. The fourth-order valence-electron chi connectivity index (χ4n) is 0.854. The Morgan fingerprint density at radius 1 is 1.57 bits per heavy atom. The molecule has 4 nitrogen and oxygen atoms in total. The van der Waals surface area contributed by atoms with Crippen molar-refractivity contribution in [2.24, 2.45) is 5.73 Å². The highest BCUT2D eigenvalue weighted by Crippen LogP contribution is 2.17. The number of rotatable bonds is 3. The minimum Gasteiger partial charge on any atom is -0.448 e. The summed E-state index contributed by atoms with van der Waals surface area (Å²) in [4.78, 5) is 22.6. The first kappa shape index (κ1) is 10.7. The molecule has 1 rings (SSSR count). The average Bonchev–Trinajstić information content (AvgIpc) is 2.51. The SMILES string of the molecule is Cc1ccsc1C(=O)O[C@H](C)C(N)=O. The van der Waals surface area contributed by atoms with Crippen LogP contribution in [-0.2, 0) is 9.53 Å². The van der Waals surface area contributed by atoms with Gasteiger partial charge in [-0.05, 0) is 30.9 Å². The van der Waals surface area contributed by atoms with Crippen LogP contribution >= 0.6 is 11.3 Å². The summed E-state index contributed by atoms with van der Waals surface area (Å²) < 4.78 is 4.83. The lowest BCUT2D eigenvalue weighted by molar-refractivity contribution is -0.125. The van der Waals surface area contributed by atoms with E-state index in [-0.39, 0.29) is 0 Å². The lowest BCUT2D eigenvalue weighted by atomic mass is 10.3. The normalized spacial score (nSPS) is 12.1. The number of carbonyl (C=O) groups is 2. The zero-order valence-electron chi connectivity index (χ0n) is 7.94. The van der Waals surface area contributed by atoms with Crippen LogP contribution in [0.3, 0.4) is 0 Å². The van der Waals surface area contributed by atoms with E-state index in [0.717, 1.165) is 5.56 Å².